The molecule has 112 heavy (non-hydrogen) atoms. The molecule has 2 heterocycles. The van der Waals surface area contributed by atoms with Crippen LogP contribution in [-0.2, 0) is 112 Å². The lowest BCUT2D eigenvalue weighted by atomic mass is 10.0. The third-order valence-electron chi connectivity index (χ3n) is 17.1. The summed E-state index contributed by atoms with van der Waals surface area (Å²) in [7, 11) is 0. The van der Waals surface area contributed by atoms with Crippen LogP contribution in [0.3, 0.4) is 0 Å². The maximum Gasteiger partial charge on any atom is 0.305 e. The second-order valence-electron chi connectivity index (χ2n) is 26.8. The molecule has 618 valence electrons. The number of benzene rings is 1. The molecule has 3 rings (SSSR count). The van der Waals surface area contributed by atoms with E-state index in [-0.39, 0.29) is 70.9 Å². The molecule has 0 spiro atoms. The Labute approximate surface area is 639 Å². The number of carbonyl (C=O) groups is 22. The SMILES string of the molecule is CC(C)C[C@H](NC(=O)[C@H](C)NC(=O)[C@H](CC(N)=O)NC(=O)CNC(=O)[C@H](CC(N)=O)NC(=O)[C@@H]1CCCN1C(=O)[C@H](CC(N)=O)NC(=O)CNC(=O)[C@H]1CCCN1C(=O)[C@H](Cc1ccccc1)NC(=O)[C@H](CCC(N)=O)NC(=O)[C@@H](N)CCC(N)=O)C(=O)N[C@@H](CC(=O)O)C(=O)N[C@@H](CCC(=O)O)C(=O)N[C@@H](CO)C(N)=O. The number of nitrogens with zero attached hydrogens (tertiary/aromatic N) is 2. The summed E-state index contributed by atoms with van der Waals surface area (Å²) in [5, 5.41) is 55.3. The van der Waals surface area contributed by atoms with E-state index in [1.165, 1.54) is 0 Å². The highest BCUT2D eigenvalue weighted by molar-refractivity contribution is 6.02. The van der Waals surface area contributed by atoms with Gasteiger partial charge in [0.25, 0.3) is 0 Å². The van der Waals surface area contributed by atoms with Gasteiger partial charge in [0.15, 0.2) is 0 Å². The third-order valence-corrected chi connectivity index (χ3v) is 17.1. The molecular weight excluding hydrogens is 1490 g/mol. The topological polar surface area (TPSA) is 769 Å². The van der Waals surface area contributed by atoms with Crippen molar-refractivity contribution < 1.29 is 121 Å². The van der Waals surface area contributed by atoms with Crippen LogP contribution in [0.4, 0.5) is 0 Å². The molecule has 2 saturated heterocycles. The van der Waals surface area contributed by atoms with Crippen molar-refractivity contribution in [3.8, 4) is 0 Å². The molecule has 46 heteroatoms. The average molecular weight is 1590 g/mol. The van der Waals surface area contributed by atoms with Crippen molar-refractivity contribution in [2.75, 3.05) is 32.8 Å². The van der Waals surface area contributed by atoms with Gasteiger partial charge in [0.1, 0.15) is 72.5 Å². The van der Waals surface area contributed by atoms with Gasteiger partial charge in [-0.2, -0.15) is 0 Å². The maximum atomic E-state index is 14.5. The van der Waals surface area contributed by atoms with Crippen LogP contribution in [0.25, 0.3) is 0 Å². The van der Waals surface area contributed by atoms with Crippen molar-refractivity contribution in [2.45, 2.75) is 202 Å². The van der Waals surface area contributed by atoms with Gasteiger partial charge >= 0.3 is 11.9 Å². The van der Waals surface area contributed by atoms with E-state index in [9.17, 15) is 121 Å². The molecule has 46 nitrogen and oxygen atoms in total. The van der Waals surface area contributed by atoms with Crippen LogP contribution in [0.15, 0.2) is 30.3 Å². The molecule has 0 bridgehead atoms. The number of carboxylic acids is 2. The van der Waals surface area contributed by atoms with Crippen molar-refractivity contribution >= 4 is 130 Å². The zero-order valence-corrected chi connectivity index (χ0v) is 61.6. The van der Waals surface area contributed by atoms with Crippen LogP contribution >= 0.6 is 0 Å². The lowest BCUT2D eigenvalue weighted by Gasteiger charge is -2.30. The minimum atomic E-state index is -2.02. The molecular formula is C66H99N21O25. The van der Waals surface area contributed by atoms with Crippen molar-refractivity contribution in [2.24, 2.45) is 46.1 Å². The summed E-state index contributed by atoms with van der Waals surface area (Å²) in [6.45, 7) is 1.10. The second-order valence-corrected chi connectivity index (χ2v) is 26.8. The predicted octanol–water partition coefficient (Wildman–Crippen LogP) is -12.3. The Morgan fingerprint density at radius 2 is 0.839 bits per heavy atom. The molecule has 1 aromatic rings. The van der Waals surface area contributed by atoms with Crippen molar-refractivity contribution in [3.63, 3.8) is 0 Å². The quantitative estimate of drug-likeness (QED) is 0.0288. The molecule has 2 fully saturated rings. The van der Waals surface area contributed by atoms with E-state index >= 15 is 0 Å². The van der Waals surface area contributed by atoms with Crippen LogP contribution in [0.5, 0.6) is 0 Å². The number of likely N-dealkylation sites (tertiary alicyclic amines) is 2. The Bertz CT molecular complexity index is 3680. The summed E-state index contributed by atoms with van der Waals surface area (Å²) in [4.78, 5) is 288. The number of amides is 20. The summed E-state index contributed by atoms with van der Waals surface area (Å²) in [6, 6.07) is -13.0. The van der Waals surface area contributed by atoms with Gasteiger partial charge in [0.2, 0.25) is 118 Å². The normalized spacial score (nSPS) is 16.6. The minimum Gasteiger partial charge on any atom is -0.481 e. The number of nitrogens with two attached hydrogens (primary N) is 7. The standard InChI is InChI=1S/C66H99N21O25/c1-30(2)21-36(61(107)82-39(26-53(98)99)62(108)80-35(15-18-52(96)97)59(105)85-42(29-88)54(73)100)81-55(101)31(3)76-60(106)38(24-48(71)92)77-50(94)27-74-57(103)37(23-47(70)91)83-64(110)44-12-8-20-87(44)66(112)41(25-49(72)93)78-51(95)28-75-63(109)43-11-7-19-86(43)65(111)40(22-32-9-5-4-6-10-32)84-58(104)34(14-17-46(69)90)79-56(102)33(67)13-16-45(68)89/h4-6,9-10,30-31,33-44,88H,7-8,11-29,67H2,1-3H3,(H2,68,89)(H2,69,90)(H2,70,91)(H2,71,92)(H2,72,93)(H2,73,100)(H,74,103)(H,75,109)(H,76,106)(H,77,94)(H,78,95)(H,79,102)(H,80,108)(H,81,101)(H,82,107)(H,83,110)(H,84,104)(H,85,105)(H,96,97)(H,98,99)/t31-,33-,34-,35-,36-,37-,38-,39-,40-,41-,42-,43+,44-/m0/s1. The van der Waals surface area contributed by atoms with E-state index in [0.717, 1.165) is 16.7 Å². The average Bonchev–Trinajstić information content (AvgIpc) is 1.61. The van der Waals surface area contributed by atoms with Gasteiger partial charge in [-0.05, 0) is 69.8 Å². The van der Waals surface area contributed by atoms with Crippen molar-refractivity contribution in [1.29, 1.82) is 0 Å². The summed E-state index contributed by atoms with van der Waals surface area (Å²) >= 11 is 0. The maximum absolute atomic E-state index is 14.5. The van der Waals surface area contributed by atoms with Crippen molar-refractivity contribution in [1.82, 2.24) is 73.6 Å². The smallest absolute Gasteiger partial charge is 0.305 e. The Hall–Kier alpha value is -12.5. The largest absolute Gasteiger partial charge is 0.481 e. The van der Waals surface area contributed by atoms with Gasteiger partial charge in [0, 0.05) is 38.8 Å². The number of nitrogens with one attached hydrogen (secondary N) is 12. The van der Waals surface area contributed by atoms with E-state index in [2.05, 4.69) is 58.5 Å². The molecule has 0 aromatic heterocycles. The molecule has 1 aromatic carbocycles. The van der Waals surface area contributed by atoms with Gasteiger partial charge in [-0.15, -0.1) is 0 Å². The van der Waals surface area contributed by atoms with Gasteiger partial charge in [-0.25, -0.2) is 0 Å². The van der Waals surface area contributed by atoms with Crippen LogP contribution in [0, 0.1) is 5.92 Å². The van der Waals surface area contributed by atoms with Crippen LogP contribution in [0.2, 0.25) is 0 Å². The molecule has 20 amide bonds. The van der Waals surface area contributed by atoms with Gasteiger partial charge in [-0.3, -0.25) is 105 Å². The highest BCUT2D eigenvalue weighted by Crippen LogP contribution is 2.22. The summed E-state index contributed by atoms with van der Waals surface area (Å²) < 4.78 is 0. The molecule has 0 unspecified atom stereocenters. The first-order valence-corrected chi connectivity index (χ1v) is 35.2. The Morgan fingerprint density at radius 3 is 1.35 bits per heavy atom. The Morgan fingerprint density at radius 1 is 0.420 bits per heavy atom. The first-order valence-electron chi connectivity index (χ1n) is 35.2. The number of hydrogen-bond donors (Lipinski definition) is 22. The summed E-state index contributed by atoms with van der Waals surface area (Å²) in [6.07, 6.45) is -6.55. The van der Waals surface area contributed by atoms with Gasteiger partial charge in [0.05, 0.1) is 51.4 Å². The van der Waals surface area contributed by atoms with E-state index in [0.29, 0.717) is 5.56 Å². The number of hydrogen-bond acceptors (Lipinski definition) is 24. The minimum absolute atomic E-state index is 0.0213. The molecule has 0 saturated carbocycles. The highest BCUT2D eigenvalue weighted by atomic mass is 16.4. The number of aliphatic carboxylic acids is 2. The van der Waals surface area contributed by atoms with Gasteiger partial charge < -0.3 is 129 Å². The molecule has 2 aliphatic heterocycles. The number of aliphatic hydroxyl groups excluding tert-OH is 1. The van der Waals surface area contributed by atoms with E-state index in [4.69, 9.17) is 40.1 Å². The van der Waals surface area contributed by atoms with Crippen LogP contribution in [-0.4, -0.2) is 267 Å². The van der Waals surface area contributed by atoms with Crippen LogP contribution < -0.4 is 104 Å². The van der Waals surface area contributed by atoms with Gasteiger partial charge in [-0.1, -0.05) is 44.2 Å². The second kappa shape index (κ2) is 46.1. The Balaban J connectivity index is 1.71. The number of carboxylic acid groups (broad SMARTS) is 2. The van der Waals surface area contributed by atoms with Crippen molar-refractivity contribution in [3.05, 3.63) is 35.9 Å². The number of rotatable bonds is 49. The van der Waals surface area contributed by atoms with E-state index < -0.39 is 279 Å². The number of carbonyl (C=O) groups excluding carboxylic acids is 20. The molecule has 13 atom stereocenters. The molecule has 2 aliphatic rings. The monoisotopic (exact) mass is 1590 g/mol. The summed E-state index contributed by atoms with van der Waals surface area (Å²) in [5.74, 6) is -25.2. The first-order chi connectivity index (χ1) is 52.5. The lowest BCUT2D eigenvalue weighted by Crippen LogP contribution is -2.60. The highest BCUT2D eigenvalue weighted by Gasteiger charge is 2.43. The van der Waals surface area contributed by atoms with E-state index in [1.807, 2.05) is 5.32 Å². The fraction of sp³-hybridized carbons (Fsp3) is 0.576. The fourth-order valence-electron chi connectivity index (χ4n) is 11.5. The number of primary amides is 6. The zero-order chi connectivity index (χ0) is 84.4. The molecule has 0 aliphatic carbocycles. The van der Waals surface area contributed by atoms with E-state index in [1.54, 1.807) is 44.2 Å². The fourth-order valence-corrected chi connectivity index (χ4v) is 11.5. The third kappa shape index (κ3) is 32.7. The van der Waals surface area contributed by atoms with Crippen LogP contribution in [0.1, 0.15) is 123 Å². The first kappa shape index (κ1) is 93.7. The lowest BCUT2D eigenvalue weighted by molar-refractivity contribution is -0.143. The molecule has 0 radical (unpaired) electrons. The molecule has 29 N–H and O–H groups in total. The Kier molecular flexibility index (Phi) is 38.6. The predicted molar refractivity (Wildman–Crippen MR) is 382 cm³/mol. The number of aliphatic hydroxyl groups is 1. The summed E-state index contributed by atoms with van der Waals surface area (Å²) in [5.41, 5.74) is 38.4. The zero-order valence-electron chi connectivity index (χ0n) is 61.6.